The molecule has 200 valence electrons. The summed E-state index contributed by atoms with van der Waals surface area (Å²) in [5.41, 5.74) is 2.18. The summed E-state index contributed by atoms with van der Waals surface area (Å²) in [6.45, 7) is 1.77. The first-order valence-corrected chi connectivity index (χ1v) is 14.8. The Balaban J connectivity index is 1.09. The second-order valence-electron chi connectivity index (χ2n) is 9.93. The molecule has 1 fully saturated rings. The van der Waals surface area contributed by atoms with E-state index in [1.807, 2.05) is 54.6 Å². The van der Waals surface area contributed by atoms with Gasteiger partial charge in [-0.3, -0.25) is 14.6 Å². The van der Waals surface area contributed by atoms with Gasteiger partial charge < -0.3 is 9.80 Å². The highest BCUT2D eigenvalue weighted by Gasteiger charge is 2.26. The van der Waals surface area contributed by atoms with Crippen LogP contribution in [0.5, 0.6) is 0 Å². The smallest absolute Gasteiger partial charge is 0.253 e. The van der Waals surface area contributed by atoms with Crippen LogP contribution < -0.4 is 0 Å². The molecule has 4 aromatic carbocycles. The van der Waals surface area contributed by atoms with Crippen molar-refractivity contribution in [3.63, 3.8) is 0 Å². The molecular weight excluding hydrogens is 522 g/mol. The second-order valence-corrected chi connectivity index (χ2v) is 11.9. The first kappa shape index (κ1) is 25.7. The van der Waals surface area contributed by atoms with Crippen molar-refractivity contribution < 1.29 is 18.0 Å². The van der Waals surface area contributed by atoms with Crippen molar-refractivity contribution in [1.29, 1.82) is 0 Å². The molecule has 0 unspecified atom stereocenters. The van der Waals surface area contributed by atoms with E-state index in [0.717, 1.165) is 16.2 Å². The van der Waals surface area contributed by atoms with Crippen LogP contribution >= 0.6 is 0 Å². The van der Waals surface area contributed by atoms with Gasteiger partial charge in [0.05, 0.1) is 16.2 Å². The third-order valence-electron chi connectivity index (χ3n) is 7.34. The number of aromatic nitrogens is 1. The van der Waals surface area contributed by atoms with Crippen LogP contribution in [0.25, 0.3) is 21.7 Å². The van der Waals surface area contributed by atoms with E-state index in [2.05, 4.69) is 4.98 Å². The molecule has 7 nitrogen and oxygen atoms in total. The van der Waals surface area contributed by atoms with E-state index in [-0.39, 0.29) is 22.5 Å². The van der Waals surface area contributed by atoms with E-state index in [4.69, 9.17) is 0 Å². The summed E-state index contributed by atoms with van der Waals surface area (Å²) in [6, 6.07) is 29.1. The van der Waals surface area contributed by atoms with Crippen LogP contribution in [0, 0.1) is 0 Å². The van der Waals surface area contributed by atoms with Gasteiger partial charge in [0.25, 0.3) is 11.8 Å². The lowest BCUT2D eigenvalue weighted by atomic mass is 10.1. The maximum atomic E-state index is 13.2. The number of hydrogen-bond donors (Lipinski definition) is 0. The number of piperazine rings is 1. The standard InChI is InChI=1S/C32H27N3O4S/c36-31(34-17-19-35(20-18-34)32(37)28-15-14-24-5-1-2-6-27(24)21-28)26-12-10-23(11-13-26)22-40(38,39)29-9-3-7-25-8-4-16-33-30(25)29/h1-16,21H,17-20,22H2. The predicted molar refractivity (Wildman–Crippen MR) is 155 cm³/mol. The molecule has 0 aliphatic carbocycles. The molecule has 8 heteroatoms. The Morgan fingerprint density at radius 3 is 1.98 bits per heavy atom. The molecule has 1 aliphatic rings. The van der Waals surface area contributed by atoms with Crippen LogP contribution in [0.3, 0.4) is 0 Å². The average molecular weight is 550 g/mol. The van der Waals surface area contributed by atoms with Gasteiger partial charge in [0, 0.05) is 48.9 Å². The number of fused-ring (bicyclic) bond motifs is 2. The van der Waals surface area contributed by atoms with Gasteiger partial charge >= 0.3 is 0 Å². The van der Waals surface area contributed by atoms with E-state index >= 15 is 0 Å². The lowest BCUT2D eigenvalue weighted by Gasteiger charge is -2.35. The van der Waals surface area contributed by atoms with Gasteiger partial charge in [-0.25, -0.2) is 8.42 Å². The van der Waals surface area contributed by atoms with Crippen molar-refractivity contribution in [1.82, 2.24) is 14.8 Å². The Hall–Kier alpha value is -4.56. The molecule has 1 saturated heterocycles. The molecule has 0 saturated carbocycles. The SMILES string of the molecule is O=C(c1ccc(CS(=O)(=O)c2cccc3cccnc23)cc1)N1CCN(C(=O)c2ccc3ccccc3c2)CC1. The van der Waals surface area contributed by atoms with Gasteiger partial charge in [-0.2, -0.15) is 0 Å². The summed E-state index contributed by atoms with van der Waals surface area (Å²) >= 11 is 0. The van der Waals surface area contributed by atoms with Crippen molar-refractivity contribution in [3.8, 4) is 0 Å². The van der Waals surface area contributed by atoms with Crippen LogP contribution in [-0.4, -0.2) is 61.2 Å². The van der Waals surface area contributed by atoms with Crippen molar-refractivity contribution in [2.75, 3.05) is 26.2 Å². The molecular formula is C32H27N3O4S. The minimum absolute atomic E-state index is 0.0372. The summed E-state index contributed by atoms with van der Waals surface area (Å²) in [7, 11) is -3.64. The Morgan fingerprint density at radius 1 is 0.650 bits per heavy atom. The van der Waals surface area contributed by atoms with E-state index < -0.39 is 9.84 Å². The highest BCUT2D eigenvalue weighted by atomic mass is 32.2. The molecule has 0 N–H and O–H groups in total. The molecule has 2 heterocycles. The average Bonchev–Trinajstić information content (AvgIpc) is 3.00. The van der Waals surface area contributed by atoms with Crippen molar-refractivity contribution in [2.45, 2.75) is 10.6 Å². The largest absolute Gasteiger partial charge is 0.335 e. The van der Waals surface area contributed by atoms with Gasteiger partial charge in [0.1, 0.15) is 0 Å². The Labute approximate surface area is 232 Å². The number of carbonyl (C=O) groups is 2. The van der Waals surface area contributed by atoms with Crippen molar-refractivity contribution in [3.05, 3.63) is 120 Å². The summed E-state index contributed by atoms with van der Waals surface area (Å²) < 4.78 is 26.4. The molecule has 0 atom stereocenters. The Bertz CT molecular complexity index is 1840. The molecule has 1 aromatic heterocycles. The zero-order valence-electron chi connectivity index (χ0n) is 21.7. The number of rotatable bonds is 5. The highest BCUT2D eigenvalue weighted by Crippen LogP contribution is 2.25. The van der Waals surface area contributed by atoms with Crippen LogP contribution in [0.15, 0.2) is 108 Å². The van der Waals surface area contributed by atoms with Gasteiger partial charge in [0.15, 0.2) is 9.84 Å². The van der Waals surface area contributed by atoms with Crippen LogP contribution in [0.4, 0.5) is 0 Å². The fourth-order valence-electron chi connectivity index (χ4n) is 5.17. The molecule has 1 aliphatic heterocycles. The third-order valence-corrected chi connectivity index (χ3v) is 9.05. The van der Waals surface area contributed by atoms with Gasteiger partial charge in [0.2, 0.25) is 0 Å². The Kier molecular flexibility index (Phi) is 6.77. The Morgan fingerprint density at radius 2 is 1.25 bits per heavy atom. The lowest BCUT2D eigenvalue weighted by Crippen LogP contribution is -2.50. The number of amides is 2. The minimum atomic E-state index is -3.64. The number of nitrogens with zero attached hydrogens (tertiary/aromatic N) is 3. The van der Waals surface area contributed by atoms with E-state index in [1.165, 1.54) is 0 Å². The van der Waals surface area contributed by atoms with Gasteiger partial charge in [-0.15, -0.1) is 0 Å². The first-order valence-electron chi connectivity index (χ1n) is 13.1. The van der Waals surface area contributed by atoms with Gasteiger partial charge in [-0.1, -0.05) is 60.7 Å². The number of pyridine rings is 1. The monoisotopic (exact) mass is 549 g/mol. The van der Waals surface area contributed by atoms with Crippen molar-refractivity contribution in [2.24, 2.45) is 0 Å². The summed E-state index contributed by atoms with van der Waals surface area (Å²) in [4.78, 5) is 34.2. The minimum Gasteiger partial charge on any atom is -0.335 e. The lowest BCUT2D eigenvalue weighted by molar-refractivity contribution is 0.0535. The van der Waals surface area contributed by atoms with Crippen LogP contribution in [-0.2, 0) is 15.6 Å². The van der Waals surface area contributed by atoms with Gasteiger partial charge in [-0.05, 0) is 52.7 Å². The van der Waals surface area contributed by atoms with E-state index in [9.17, 15) is 18.0 Å². The number of carbonyl (C=O) groups excluding carboxylic acids is 2. The molecule has 0 bridgehead atoms. The quantitative estimate of drug-likeness (QED) is 0.309. The van der Waals surface area contributed by atoms with Crippen LogP contribution in [0.1, 0.15) is 26.3 Å². The topological polar surface area (TPSA) is 87.6 Å². The first-order chi connectivity index (χ1) is 19.4. The van der Waals surface area contributed by atoms with E-state index in [1.54, 1.807) is 58.5 Å². The molecule has 6 rings (SSSR count). The second kappa shape index (κ2) is 10.5. The zero-order valence-corrected chi connectivity index (χ0v) is 22.5. The fraction of sp³-hybridized carbons (Fsp3) is 0.156. The summed E-state index contributed by atoms with van der Waals surface area (Å²) in [5, 5.41) is 2.87. The number of para-hydroxylation sites is 1. The number of benzene rings is 4. The number of sulfone groups is 1. The predicted octanol–water partition coefficient (Wildman–Crippen LogP) is 4.96. The molecule has 0 spiro atoms. The summed E-state index contributed by atoms with van der Waals surface area (Å²) in [6.07, 6.45) is 1.58. The number of hydrogen-bond acceptors (Lipinski definition) is 5. The normalized spacial score (nSPS) is 14.0. The molecule has 5 aromatic rings. The van der Waals surface area contributed by atoms with Crippen LogP contribution in [0.2, 0.25) is 0 Å². The fourth-order valence-corrected chi connectivity index (χ4v) is 6.71. The maximum Gasteiger partial charge on any atom is 0.253 e. The van der Waals surface area contributed by atoms with Crippen molar-refractivity contribution >= 4 is 43.3 Å². The summed E-state index contributed by atoms with van der Waals surface area (Å²) in [5.74, 6) is -0.359. The molecule has 0 radical (unpaired) electrons. The highest BCUT2D eigenvalue weighted by molar-refractivity contribution is 7.90. The molecule has 2 amide bonds. The maximum absolute atomic E-state index is 13.2. The van der Waals surface area contributed by atoms with E-state index in [0.29, 0.717) is 48.4 Å². The molecule has 40 heavy (non-hydrogen) atoms. The third kappa shape index (κ3) is 5.05. The zero-order chi connectivity index (χ0) is 27.7.